The minimum absolute atomic E-state index is 0.120. The Bertz CT molecular complexity index is 1620. The van der Waals surface area contributed by atoms with E-state index >= 15 is 0 Å². The van der Waals surface area contributed by atoms with E-state index in [1.54, 1.807) is 31.4 Å². The molecule has 0 aliphatic carbocycles. The minimum atomic E-state index is -4.00. The largest absolute Gasteiger partial charge is 0.497 e. The van der Waals surface area contributed by atoms with Crippen molar-refractivity contribution in [3.63, 3.8) is 0 Å². The molecule has 3 heterocycles. The number of nitriles is 1. The van der Waals surface area contributed by atoms with E-state index in [4.69, 9.17) is 16.3 Å². The highest BCUT2D eigenvalue weighted by Crippen LogP contribution is 2.46. The minimum Gasteiger partial charge on any atom is -0.497 e. The molecular formula is C24H15ClN2O3S3. The SMILES string of the molecule is COc1ccc2c(c1)c(-c1ccsc1C#N)c(-c1cccs1)n2S(=O)(=O)c1ccc(Cl)cc1. The average molecular weight is 511 g/mol. The van der Waals surface area contributed by atoms with Crippen LogP contribution >= 0.6 is 34.3 Å². The zero-order valence-corrected chi connectivity index (χ0v) is 20.4. The normalized spacial score (nSPS) is 11.5. The fourth-order valence-corrected chi connectivity index (χ4v) is 7.01. The van der Waals surface area contributed by atoms with Crippen molar-refractivity contribution in [3.05, 3.63) is 81.3 Å². The lowest BCUT2D eigenvalue weighted by Crippen LogP contribution is -2.14. The maximum absolute atomic E-state index is 14.0. The van der Waals surface area contributed by atoms with Crippen molar-refractivity contribution in [2.45, 2.75) is 4.90 Å². The first kappa shape index (κ1) is 21.7. The molecule has 0 unspecified atom stereocenters. The first-order valence-electron chi connectivity index (χ1n) is 9.71. The average Bonchev–Trinajstić information content (AvgIpc) is 3.56. The van der Waals surface area contributed by atoms with Crippen molar-refractivity contribution < 1.29 is 13.2 Å². The summed E-state index contributed by atoms with van der Waals surface area (Å²) in [4.78, 5) is 1.40. The van der Waals surface area contributed by atoms with Crippen LogP contribution in [-0.4, -0.2) is 19.5 Å². The second kappa shape index (κ2) is 8.36. The lowest BCUT2D eigenvalue weighted by Gasteiger charge is -2.12. The second-order valence-electron chi connectivity index (χ2n) is 7.08. The molecule has 0 aliphatic rings. The van der Waals surface area contributed by atoms with Crippen molar-refractivity contribution >= 4 is 55.2 Å². The van der Waals surface area contributed by atoms with E-state index in [0.29, 0.717) is 43.4 Å². The maximum Gasteiger partial charge on any atom is 0.268 e. The predicted molar refractivity (Wildman–Crippen MR) is 134 cm³/mol. The van der Waals surface area contributed by atoms with E-state index in [2.05, 4.69) is 6.07 Å². The van der Waals surface area contributed by atoms with Gasteiger partial charge in [0, 0.05) is 21.5 Å². The van der Waals surface area contributed by atoms with Gasteiger partial charge in [-0.25, -0.2) is 12.4 Å². The van der Waals surface area contributed by atoms with Gasteiger partial charge in [-0.05, 0) is 65.4 Å². The molecule has 0 saturated carbocycles. The molecule has 5 aromatic rings. The van der Waals surface area contributed by atoms with Crippen LogP contribution in [0.2, 0.25) is 5.02 Å². The van der Waals surface area contributed by atoms with E-state index < -0.39 is 10.0 Å². The van der Waals surface area contributed by atoms with E-state index in [1.165, 1.54) is 38.8 Å². The van der Waals surface area contributed by atoms with Gasteiger partial charge in [0.05, 0.1) is 28.1 Å². The summed E-state index contributed by atoms with van der Waals surface area (Å²) in [5, 5.41) is 14.6. The van der Waals surface area contributed by atoms with Gasteiger partial charge in [0.15, 0.2) is 0 Å². The van der Waals surface area contributed by atoms with E-state index in [-0.39, 0.29) is 4.90 Å². The number of rotatable bonds is 5. The number of methoxy groups -OCH3 is 1. The molecule has 0 N–H and O–H groups in total. The molecule has 164 valence electrons. The number of halogens is 1. The van der Waals surface area contributed by atoms with Crippen LogP contribution in [0.4, 0.5) is 0 Å². The topological polar surface area (TPSA) is 72.1 Å². The Kier molecular flexibility index (Phi) is 5.51. The highest BCUT2D eigenvalue weighted by atomic mass is 35.5. The molecule has 3 aromatic heterocycles. The van der Waals surface area contributed by atoms with Crippen LogP contribution in [0, 0.1) is 11.3 Å². The molecular weight excluding hydrogens is 496 g/mol. The van der Waals surface area contributed by atoms with Crippen LogP contribution in [0.1, 0.15) is 4.88 Å². The summed E-state index contributed by atoms with van der Waals surface area (Å²) >= 11 is 8.77. The quantitative estimate of drug-likeness (QED) is 0.258. The van der Waals surface area contributed by atoms with E-state index in [9.17, 15) is 13.7 Å². The number of fused-ring (bicyclic) bond motifs is 1. The Morgan fingerprint density at radius 1 is 1.03 bits per heavy atom. The summed E-state index contributed by atoms with van der Waals surface area (Å²) < 4.78 is 34.8. The number of thiophene rings is 2. The van der Waals surface area contributed by atoms with Crippen molar-refractivity contribution in [1.29, 1.82) is 5.26 Å². The van der Waals surface area contributed by atoms with Gasteiger partial charge in [0.2, 0.25) is 0 Å². The van der Waals surface area contributed by atoms with Gasteiger partial charge in [0.25, 0.3) is 10.0 Å². The van der Waals surface area contributed by atoms with E-state index in [0.717, 1.165) is 4.88 Å². The Morgan fingerprint density at radius 2 is 1.82 bits per heavy atom. The van der Waals surface area contributed by atoms with Gasteiger partial charge in [-0.1, -0.05) is 17.7 Å². The number of benzene rings is 2. The standard InChI is InChI=1S/C24H15ClN2O3S3/c1-30-16-6-9-20-19(13-16)23(18-10-12-32-22(18)14-26)24(21-3-2-11-31-21)27(20)33(28,29)17-7-4-15(25)5-8-17/h2-13H,1H3. The molecule has 0 atom stereocenters. The first-order chi connectivity index (χ1) is 16.0. The number of aromatic nitrogens is 1. The molecule has 0 fully saturated rings. The molecule has 5 rings (SSSR count). The van der Waals surface area contributed by atoms with Crippen LogP contribution in [0.15, 0.2) is 76.3 Å². The summed E-state index contributed by atoms with van der Waals surface area (Å²) in [5.74, 6) is 0.594. The number of hydrogen-bond acceptors (Lipinski definition) is 6. The van der Waals surface area contributed by atoms with Crippen LogP contribution < -0.4 is 4.74 Å². The van der Waals surface area contributed by atoms with Crippen LogP contribution in [-0.2, 0) is 10.0 Å². The molecule has 33 heavy (non-hydrogen) atoms. The van der Waals surface area contributed by atoms with Gasteiger partial charge < -0.3 is 4.74 Å². The summed E-state index contributed by atoms with van der Waals surface area (Å²) in [7, 11) is -2.44. The first-order valence-corrected chi connectivity index (χ1v) is 13.3. The fourth-order valence-electron chi connectivity index (χ4n) is 3.83. The number of nitrogens with zero attached hydrogens (tertiary/aromatic N) is 2. The Hall–Kier alpha value is -3.09. The Morgan fingerprint density at radius 3 is 2.48 bits per heavy atom. The molecule has 0 aliphatic heterocycles. The van der Waals surface area contributed by atoms with Crippen LogP contribution in [0.25, 0.3) is 32.6 Å². The predicted octanol–water partition coefficient (Wildman–Crippen LogP) is 6.87. The third kappa shape index (κ3) is 3.54. The van der Waals surface area contributed by atoms with Crippen LogP contribution in [0.3, 0.4) is 0 Å². The lowest BCUT2D eigenvalue weighted by molar-refractivity contribution is 0.415. The molecule has 0 radical (unpaired) electrons. The van der Waals surface area contributed by atoms with Crippen molar-refractivity contribution in [3.8, 4) is 33.5 Å². The number of ether oxygens (including phenoxy) is 1. The van der Waals surface area contributed by atoms with Gasteiger partial charge in [-0.2, -0.15) is 5.26 Å². The van der Waals surface area contributed by atoms with Crippen molar-refractivity contribution in [2.24, 2.45) is 0 Å². The molecule has 0 spiro atoms. The molecule has 0 bridgehead atoms. The summed E-state index contributed by atoms with van der Waals surface area (Å²) in [5.41, 5.74) is 2.38. The zero-order valence-electron chi connectivity index (χ0n) is 17.2. The van der Waals surface area contributed by atoms with E-state index in [1.807, 2.05) is 35.0 Å². The third-order valence-electron chi connectivity index (χ3n) is 5.27. The van der Waals surface area contributed by atoms with Gasteiger partial charge in [0.1, 0.15) is 16.7 Å². The van der Waals surface area contributed by atoms with Gasteiger partial charge >= 0.3 is 0 Å². The van der Waals surface area contributed by atoms with Crippen LogP contribution in [0.5, 0.6) is 5.75 Å². The highest BCUT2D eigenvalue weighted by Gasteiger charge is 2.30. The van der Waals surface area contributed by atoms with Crippen molar-refractivity contribution in [2.75, 3.05) is 7.11 Å². The Labute approximate surface area is 203 Å². The highest BCUT2D eigenvalue weighted by molar-refractivity contribution is 7.90. The van der Waals surface area contributed by atoms with Gasteiger partial charge in [-0.3, -0.25) is 0 Å². The summed E-state index contributed by atoms with van der Waals surface area (Å²) in [6, 6.07) is 19.2. The molecule has 0 amide bonds. The molecule has 5 nitrogen and oxygen atoms in total. The smallest absolute Gasteiger partial charge is 0.268 e. The fraction of sp³-hybridized carbons (Fsp3) is 0.0417. The maximum atomic E-state index is 14.0. The Balaban J connectivity index is 1.97. The van der Waals surface area contributed by atoms with Gasteiger partial charge in [-0.15, -0.1) is 22.7 Å². The summed E-state index contributed by atoms with van der Waals surface area (Å²) in [6.45, 7) is 0. The van der Waals surface area contributed by atoms with Crippen molar-refractivity contribution in [1.82, 2.24) is 3.97 Å². The third-order valence-corrected chi connectivity index (χ3v) is 8.95. The molecule has 2 aromatic carbocycles. The lowest BCUT2D eigenvalue weighted by atomic mass is 10.0. The summed E-state index contributed by atoms with van der Waals surface area (Å²) in [6.07, 6.45) is 0. The monoisotopic (exact) mass is 510 g/mol. The second-order valence-corrected chi connectivity index (χ2v) is 11.2. The molecule has 9 heteroatoms. The number of hydrogen-bond donors (Lipinski definition) is 0. The zero-order chi connectivity index (χ0) is 23.2. The molecule has 0 saturated heterocycles.